The molecule has 1 aromatic carbocycles. The van der Waals surface area contributed by atoms with Crippen LogP contribution in [0.4, 0.5) is 13.2 Å². The molecule has 2 unspecified atom stereocenters. The van der Waals surface area contributed by atoms with E-state index < -0.39 is 12.5 Å². The number of likely N-dealkylation sites (N-methyl/N-ethyl adjacent to an activating group) is 1. The second-order valence-electron chi connectivity index (χ2n) is 7.85. The molecule has 3 atom stereocenters. The number of hydrogen-bond donors (Lipinski definition) is 1. The van der Waals surface area contributed by atoms with Crippen molar-refractivity contribution in [2.24, 2.45) is 5.92 Å². The maximum absolute atomic E-state index is 12.6. The second kappa shape index (κ2) is 11.6. The van der Waals surface area contributed by atoms with Gasteiger partial charge in [-0.2, -0.15) is 0 Å². The van der Waals surface area contributed by atoms with Crippen LogP contribution in [-0.4, -0.2) is 67.1 Å². The summed E-state index contributed by atoms with van der Waals surface area (Å²) in [5.74, 6) is -0.117. The summed E-state index contributed by atoms with van der Waals surface area (Å²) >= 11 is 0. The van der Waals surface area contributed by atoms with Crippen LogP contribution < -0.4 is 4.74 Å². The normalized spacial score (nSPS) is 24.9. The average Bonchev–Trinajstić information content (AvgIpc) is 2.61. The number of rotatable bonds is 5. The molecule has 1 aliphatic carbocycles. The lowest BCUT2D eigenvalue weighted by Gasteiger charge is -2.40. The highest BCUT2D eigenvalue weighted by molar-refractivity contribution is 5.85. The first-order valence-electron chi connectivity index (χ1n) is 9.76. The lowest BCUT2D eigenvalue weighted by atomic mass is 9.74. The molecule has 2 fully saturated rings. The fourth-order valence-corrected chi connectivity index (χ4v) is 4.35. The number of aliphatic hydroxyl groups excluding tert-OH is 1. The molecule has 3 rings (SSSR count). The van der Waals surface area contributed by atoms with Gasteiger partial charge in [0.05, 0.1) is 6.10 Å². The SMILES string of the molecule is CN1CCN(CC(c2cccc(OC(F)(F)F)c2)C2CCCC[C@H]2O)CC1.Cl.Cl. The van der Waals surface area contributed by atoms with Gasteiger partial charge < -0.3 is 19.6 Å². The quantitative estimate of drug-likeness (QED) is 0.712. The van der Waals surface area contributed by atoms with E-state index in [1.165, 1.54) is 12.1 Å². The van der Waals surface area contributed by atoms with Crippen molar-refractivity contribution in [2.75, 3.05) is 39.8 Å². The summed E-state index contributed by atoms with van der Waals surface area (Å²) in [5, 5.41) is 10.6. The van der Waals surface area contributed by atoms with Gasteiger partial charge in [-0.1, -0.05) is 25.0 Å². The van der Waals surface area contributed by atoms with Gasteiger partial charge in [-0.25, -0.2) is 0 Å². The molecule has 2 aliphatic rings. The van der Waals surface area contributed by atoms with Gasteiger partial charge in [0.15, 0.2) is 0 Å². The summed E-state index contributed by atoms with van der Waals surface area (Å²) in [5.41, 5.74) is 0.821. The summed E-state index contributed by atoms with van der Waals surface area (Å²) < 4.78 is 42.0. The minimum absolute atomic E-state index is 0. The Morgan fingerprint density at radius 1 is 1.10 bits per heavy atom. The Hall–Kier alpha value is -0.730. The van der Waals surface area contributed by atoms with Crippen molar-refractivity contribution in [1.82, 2.24) is 9.80 Å². The zero-order valence-corrected chi connectivity index (χ0v) is 18.2. The highest BCUT2D eigenvalue weighted by atomic mass is 35.5. The van der Waals surface area contributed by atoms with Gasteiger partial charge in [0.1, 0.15) is 5.75 Å². The smallest absolute Gasteiger partial charge is 0.406 e. The maximum Gasteiger partial charge on any atom is 0.573 e. The Bertz CT molecular complexity index is 614. The van der Waals surface area contributed by atoms with Crippen LogP contribution in [0.1, 0.15) is 37.2 Å². The van der Waals surface area contributed by atoms with Crippen molar-refractivity contribution in [3.05, 3.63) is 29.8 Å². The molecule has 0 aromatic heterocycles. The van der Waals surface area contributed by atoms with E-state index in [1.807, 2.05) is 6.07 Å². The zero-order chi connectivity index (χ0) is 19.4. The summed E-state index contributed by atoms with van der Waals surface area (Å²) in [6.07, 6.45) is -1.36. The molecule has 1 aromatic rings. The third-order valence-electron chi connectivity index (χ3n) is 5.87. The molecule has 29 heavy (non-hydrogen) atoms. The Balaban J connectivity index is 0.00000210. The minimum atomic E-state index is -4.70. The Morgan fingerprint density at radius 2 is 1.76 bits per heavy atom. The molecule has 0 radical (unpaired) electrons. The fraction of sp³-hybridized carbons (Fsp3) is 0.700. The van der Waals surface area contributed by atoms with Gasteiger partial charge in [0.2, 0.25) is 0 Å². The number of ether oxygens (including phenoxy) is 1. The number of halogens is 5. The van der Waals surface area contributed by atoms with Gasteiger partial charge in [0, 0.05) is 38.6 Å². The number of piperazine rings is 1. The minimum Gasteiger partial charge on any atom is -0.406 e. The molecular weight excluding hydrogens is 428 g/mol. The van der Waals surface area contributed by atoms with Crippen molar-refractivity contribution < 1.29 is 23.0 Å². The molecule has 1 saturated heterocycles. The topological polar surface area (TPSA) is 35.9 Å². The van der Waals surface area contributed by atoms with E-state index in [0.29, 0.717) is 0 Å². The van der Waals surface area contributed by atoms with E-state index in [2.05, 4.69) is 21.6 Å². The van der Waals surface area contributed by atoms with Crippen LogP contribution in [0, 0.1) is 5.92 Å². The van der Waals surface area contributed by atoms with Crippen LogP contribution in [0.2, 0.25) is 0 Å². The lowest BCUT2D eigenvalue weighted by molar-refractivity contribution is -0.274. The monoisotopic (exact) mass is 458 g/mol. The molecule has 4 nitrogen and oxygen atoms in total. The molecule has 1 aliphatic heterocycles. The predicted octanol–water partition coefficient (Wildman–Crippen LogP) is 4.31. The highest BCUT2D eigenvalue weighted by Crippen LogP contribution is 2.38. The molecule has 9 heteroatoms. The van der Waals surface area contributed by atoms with Crippen LogP contribution in [0.3, 0.4) is 0 Å². The van der Waals surface area contributed by atoms with Gasteiger partial charge in [-0.05, 0) is 43.5 Å². The first-order valence-corrected chi connectivity index (χ1v) is 9.76. The summed E-state index contributed by atoms with van der Waals surface area (Å²) in [4.78, 5) is 4.64. The average molecular weight is 459 g/mol. The van der Waals surface area contributed by atoms with Crippen LogP contribution in [0.25, 0.3) is 0 Å². The molecular formula is C20H31Cl2F3N2O2. The fourth-order valence-electron chi connectivity index (χ4n) is 4.35. The predicted molar refractivity (Wildman–Crippen MR) is 112 cm³/mol. The number of hydrogen-bond acceptors (Lipinski definition) is 4. The van der Waals surface area contributed by atoms with Crippen molar-refractivity contribution in [3.8, 4) is 5.75 Å². The highest BCUT2D eigenvalue weighted by Gasteiger charge is 2.35. The molecule has 168 valence electrons. The van der Waals surface area contributed by atoms with Crippen LogP contribution in [-0.2, 0) is 0 Å². The first-order chi connectivity index (χ1) is 12.8. The van der Waals surface area contributed by atoms with Gasteiger partial charge >= 0.3 is 6.36 Å². The van der Waals surface area contributed by atoms with Crippen LogP contribution >= 0.6 is 24.8 Å². The van der Waals surface area contributed by atoms with Crippen molar-refractivity contribution in [1.29, 1.82) is 0 Å². The third-order valence-corrected chi connectivity index (χ3v) is 5.87. The van der Waals surface area contributed by atoms with Gasteiger partial charge in [0.25, 0.3) is 0 Å². The first kappa shape index (κ1) is 26.3. The van der Waals surface area contributed by atoms with Crippen molar-refractivity contribution in [3.63, 3.8) is 0 Å². The molecule has 1 N–H and O–H groups in total. The van der Waals surface area contributed by atoms with E-state index >= 15 is 0 Å². The third kappa shape index (κ3) is 7.79. The zero-order valence-electron chi connectivity index (χ0n) is 16.6. The second-order valence-corrected chi connectivity index (χ2v) is 7.85. The van der Waals surface area contributed by atoms with E-state index in [0.717, 1.165) is 64.0 Å². The maximum atomic E-state index is 12.6. The molecule has 0 spiro atoms. The van der Waals surface area contributed by atoms with E-state index in [1.54, 1.807) is 6.07 Å². The number of alkyl halides is 3. The number of benzene rings is 1. The van der Waals surface area contributed by atoms with Crippen molar-refractivity contribution >= 4 is 24.8 Å². The van der Waals surface area contributed by atoms with E-state index in [4.69, 9.17) is 0 Å². The van der Waals surface area contributed by atoms with Crippen molar-refractivity contribution in [2.45, 2.75) is 44.1 Å². The molecule has 0 amide bonds. The Kier molecular flexibility index (Phi) is 10.5. The number of aliphatic hydroxyl groups is 1. The van der Waals surface area contributed by atoms with Gasteiger partial charge in [-0.3, -0.25) is 0 Å². The summed E-state index contributed by atoms with van der Waals surface area (Å²) in [7, 11) is 2.09. The Morgan fingerprint density at radius 3 is 2.38 bits per heavy atom. The van der Waals surface area contributed by atoms with Crippen LogP contribution in [0.15, 0.2) is 24.3 Å². The molecule has 1 heterocycles. The summed E-state index contributed by atoms with van der Waals surface area (Å²) in [6.45, 7) is 4.60. The van der Waals surface area contributed by atoms with Crippen LogP contribution in [0.5, 0.6) is 5.75 Å². The standard InChI is InChI=1S/C20H29F3N2O2.2ClH/c1-24-9-11-25(12-10-24)14-18(17-7-2-3-8-19(17)26)15-5-4-6-16(13-15)27-20(21,22)23;;/h4-6,13,17-19,26H,2-3,7-12,14H2,1H3;2*1H/t17?,18?,19-;;/m1../s1. The number of nitrogens with zero attached hydrogens (tertiary/aromatic N) is 2. The van der Waals surface area contributed by atoms with Gasteiger partial charge in [-0.15, -0.1) is 38.0 Å². The molecule has 1 saturated carbocycles. The Labute approximate surface area is 183 Å². The lowest BCUT2D eigenvalue weighted by Crippen LogP contribution is -2.47. The molecule has 0 bridgehead atoms. The summed E-state index contributed by atoms with van der Waals surface area (Å²) in [6, 6.07) is 6.31. The van der Waals surface area contributed by atoms with E-state index in [9.17, 15) is 18.3 Å². The van der Waals surface area contributed by atoms with E-state index in [-0.39, 0.29) is 42.4 Å². The largest absolute Gasteiger partial charge is 0.573 e.